The Hall–Kier alpha value is -1.13. The normalized spacial score (nSPS) is 12.8. The van der Waals surface area contributed by atoms with E-state index in [2.05, 4.69) is 0 Å². The number of phenols is 1. The van der Waals surface area contributed by atoms with Crippen molar-refractivity contribution in [2.24, 2.45) is 5.73 Å². The maximum absolute atomic E-state index is 13.1. The zero-order valence-electron chi connectivity index (χ0n) is 8.70. The third-order valence-corrected chi connectivity index (χ3v) is 2.37. The minimum atomic E-state index is -0.438. The molecule has 0 aliphatic carbocycles. The molecule has 4 N–H and O–H groups in total. The first kappa shape index (κ1) is 11.9. The number of aliphatic hydroxyl groups is 1. The van der Waals surface area contributed by atoms with Crippen molar-refractivity contribution >= 4 is 0 Å². The standard InChI is InChI=1S/C11H16FNO2/c1-7-5-8(12)6-9(11(7)15)10(13)3-2-4-14/h5-6,10,14-15H,2-4,13H2,1H3/t10-/m1/s1. The van der Waals surface area contributed by atoms with Gasteiger partial charge >= 0.3 is 0 Å². The van der Waals surface area contributed by atoms with Gasteiger partial charge in [0.2, 0.25) is 0 Å². The number of hydrogen-bond acceptors (Lipinski definition) is 3. The van der Waals surface area contributed by atoms with Crippen LogP contribution in [0, 0.1) is 12.7 Å². The Morgan fingerprint density at radius 2 is 2.13 bits per heavy atom. The number of aliphatic hydroxyl groups excluding tert-OH is 1. The van der Waals surface area contributed by atoms with Crippen molar-refractivity contribution in [1.82, 2.24) is 0 Å². The van der Waals surface area contributed by atoms with Gasteiger partial charge in [0.1, 0.15) is 11.6 Å². The molecule has 0 fully saturated rings. The van der Waals surface area contributed by atoms with E-state index in [-0.39, 0.29) is 12.4 Å². The molecule has 0 bridgehead atoms. The molecule has 0 heterocycles. The quantitative estimate of drug-likeness (QED) is 0.711. The lowest BCUT2D eigenvalue weighted by molar-refractivity contribution is 0.279. The summed E-state index contributed by atoms with van der Waals surface area (Å²) in [5, 5.41) is 18.3. The minimum absolute atomic E-state index is 0.0434. The molecule has 0 aliphatic rings. The highest BCUT2D eigenvalue weighted by Gasteiger charge is 2.13. The van der Waals surface area contributed by atoms with Crippen LogP contribution >= 0.6 is 0 Å². The summed E-state index contributed by atoms with van der Waals surface area (Å²) < 4.78 is 13.1. The molecule has 0 radical (unpaired) electrons. The van der Waals surface area contributed by atoms with E-state index in [9.17, 15) is 9.50 Å². The first-order chi connectivity index (χ1) is 7.06. The number of aryl methyl sites for hydroxylation is 1. The first-order valence-electron chi connectivity index (χ1n) is 4.91. The second-order valence-corrected chi connectivity index (χ2v) is 3.63. The molecule has 4 heteroatoms. The van der Waals surface area contributed by atoms with Gasteiger partial charge in [0.25, 0.3) is 0 Å². The van der Waals surface area contributed by atoms with E-state index >= 15 is 0 Å². The van der Waals surface area contributed by atoms with Crippen molar-refractivity contribution in [2.45, 2.75) is 25.8 Å². The summed E-state index contributed by atoms with van der Waals surface area (Å²) in [5.74, 6) is -0.360. The SMILES string of the molecule is Cc1cc(F)cc([C@H](N)CCCO)c1O. The Kier molecular flexibility index (Phi) is 4.05. The summed E-state index contributed by atoms with van der Waals surface area (Å²) >= 11 is 0. The molecule has 1 aromatic rings. The van der Waals surface area contributed by atoms with Gasteiger partial charge in [-0.3, -0.25) is 0 Å². The molecule has 0 unspecified atom stereocenters. The summed E-state index contributed by atoms with van der Waals surface area (Å²) in [7, 11) is 0. The highest BCUT2D eigenvalue weighted by molar-refractivity contribution is 5.41. The van der Waals surface area contributed by atoms with Crippen molar-refractivity contribution in [2.75, 3.05) is 6.61 Å². The summed E-state index contributed by atoms with van der Waals surface area (Å²) in [6.07, 6.45) is 1.06. The molecule has 15 heavy (non-hydrogen) atoms. The Balaban J connectivity index is 2.92. The van der Waals surface area contributed by atoms with Crippen LogP contribution in [-0.4, -0.2) is 16.8 Å². The Morgan fingerprint density at radius 3 is 2.73 bits per heavy atom. The fourth-order valence-corrected chi connectivity index (χ4v) is 1.51. The van der Waals surface area contributed by atoms with Gasteiger partial charge in [0.15, 0.2) is 0 Å². The number of nitrogens with two attached hydrogens (primary N) is 1. The lowest BCUT2D eigenvalue weighted by Gasteiger charge is -2.14. The number of hydrogen-bond donors (Lipinski definition) is 3. The fourth-order valence-electron chi connectivity index (χ4n) is 1.51. The predicted octanol–water partition coefficient (Wildman–Crippen LogP) is 1.61. The van der Waals surface area contributed by atoms with Crippen LogP contribution in [0.5, 0.6) is 5.75 Å². The van der Waals surface area contributed by atoms with E-state index in [1.165, 1.54) is 12.1 Å². The van der Waals surface area contributed by atoms with Crippen LogP contribution in [-0.2, 0) is 0 Å². The molecular weight excluding hydrogens is 197 g/mol. The van der Waals surface area contributed by atoms with Crippen molar-refractivity contribution < 1.29 is 14.6 Å². The lowest BCUT2D eigenvalue weighted by atomic mass is 9.99. The first-order valence-corrected chi connectivity index (χ1v) is 4.91. The van der Waals surface area contributed by atoms with Gasteiger partial charge in [0.05, 0.1) is 0 Å². The molecule has 0 saturated heterocycles. The predicted molar refractivity (Wildman–Crippen MR) is 56.1 cm³/mol. The van der Waals surface area contributed by atoms with Crippen LogP contribution in [0.2, 0.25) is 0 Å². The van der Waals surface area contributed by atoms with E-state index < -0.39 is 11.9 Å². The topological polar surface area (TPSA) is 66.5 Å². The van der Waals surface area contributed by atoms with Gasteiger partial charge in [-0.05, 0) is 37.5 Å². The van der Waals surface area contributed by atoms with Crippen molar-refractivity contribution in [3.63, 3.8) is 0 Å². The van der Waals surface area contributed by atoms with Crippen LogP contribution < -0.4 is 5.73 Å². The average Bonchev–Trinajstić information content (AvgIpc) is 2.19. The molecule has 1 aromatic carbocycles. The third-order valence-electron chi connectivity index (χ3n) is 2.37. The molecule has 1 rings (SSSR count). The molecule has 1 atom stereocenters. The van der Waals surface area contributed by atoms with Gasteiger partial charge in [-0.15, -0.1) is 0 Å². The number of rotatable bonds is 4. The van der Waals surface area contributed by atoms with Crippen molar-refractivity contribution in [3.05, 3.63) is 29.1 Å². The van der Waals surface area contributed by atoms with Crippen LogP contribution in [0.4, 0.5) is 4.39 Å². The van der Waals surface area contributed by atoms with Crippen molar-refractivity contribution in [3.8, 4) is 5.75 Å². The Morgan fingerprint density at radius 1 is 1.47 bits per heavy atom. The van der Waals surface area contributed by atoms with Crippen LogP contribution in [0.15, 0.2) is 12.1 Å². The summed E-state index contributed by atoms with van der Waals surface area (Å²) in [4.78, 5) is 0. The molecule has 0 aliphatic heterocycles. The summed E-state index contributed by atoms with van der Waals surface area (Å²) in [5.41, 5.74) is 6.66. The second-order valence-electron chi connectivity index (χ2n) is 3.63. The Bertz CT molecular complexity index is 342. The van der Waals surface area contributed by atoms with Gasteiger partial charge in [-0.2, -0.15) is 0 Å². The fraction of sp³-hybridized carbons (Fsp3) is 0.455. The lowest BCUT2D eigenvalue weighted by Crippen LogP contribution is -2.11. The maximum atomic E-state index is 13.1. The molecule has 84 valence electrons. The largest absolute Gasteiger partial charge is 0.507 e. The zero-order valence-corrected chi connectivity index (χ0v) is 8.70. The highest BCUT2D eigenvalue weighted by atomic mass is 19.1. The van der Waals surface area contributed by atoms with Crippen LogP contribution in [0.25, 0.3) is 0 Å². The van der Waals surface area contributed by atoms with E-state index in [4.69, 9.17) is 10.8 Å². The van der Waals surface area contributed by atoms with Gasteiger partial charge < -0.3 is 15.9 Å². The van der Waals surface area contributed by atoms with Gasteiger partial charge in [-0.1, -0.05) is 0 Å². The minimum Gasteiger partial charge on any atom is -0.507 e. The smallest absolute Gasteiger partial charge is 0.124 e. The summed E-state index contributed by atoms with van der Waals surface area (Å²) in [6.45, 7) is 1.67. The monoisotopic (exact) mass is 213 g/mol. The number of benzene rings is 1. The van der Waals surface area contributed by atoms with Crippen molar-refractivity contribution in [1.29, 1.82) is 0 Å². The number of halogens is 1. The average molecular weight is 213 g/mol. The second kappa shape index (κ2) is 5.09. The van der Waals surface area contributed by atoms with Crippen LogP contribution in [0.1, 0.15) is 30.0 Å². The molecule has 3 nitrogen and oxygen atoms in total. The van der Waals surface area contributed by atoms with E-state index in [0.29, 0.717) is 24.0 Å². The maximum Gasteiger partial charge on any atom is 0.124 e. The number of aromatic hydroxyl groups is 1. The van der Waals surface area contributed by atoms with Gasteiger partial charge in [0, 0.05) is 18.2 Å². The van der Waals surface area contributed by atoms with E-state index in [1.54, 1.807) is 6.92 Å². The zero-order chi connectivity index (χ0) is 11.4. The molecular formula is C11H16FNO2. The molecule has 0 amide bonds. The third kappa shape index (κ3) is 2.91. The molecule has 0 spiro atoms. The van der Waals surface area contributed by atoms with Crippen LogP contribution in [0.3, 0.4) is 0 Å². The number of phenolic OH excluding ortho intramolecular Hbond substituents is 1. The van der Waals surface area contributed by atoms with Gasteiger partial charge in [-0.25, -0.2) is 4.39 Å². The van der Waals surface area contributed by atoms with E-state index in [1.807, 2.05) is 0 Å². The Labute approximate surface area is 88.4 Å². The van der Waals surface area contributed by atoms with E-state index in [0.717, 1.165) is 0 Å². The highest BCUT2D eigenvalue weighted by Crippen LogP contribution is 2.29. The molecule has 0 aromatic heterocycles. The molecule has 0 saturated carbocycles. The summed E-state index contributed by atoms with van der Waals surface area (Å²) in [6, 6.07) is 2.06.